The number of nitrogens with two attached hydrogens (primary N) is 2. The lowest BCUT2D eigenvalue weighted by molar-refractivity contribution is 0.153. The molecule has 1 unspecified atom stereocenters. The van der Waals surface area contributed by atoms with Gasteiger partial charge in [-0.25, -0.2) is 0 Å². The molecule has 0 aliphatic carbocycles. The highest BCUT2D eigenvalue weighted by Crippen LogP contribution is 2.18. The van der Waals surface area contributed by atoms with E-state index in [1.807, 2.05) is 6.92 Å². The first kappa shape index (κ1) is 12.9. The summed E-state index contributed by atoms with van der Waals surface area (Å²) in [7, 11) is 0. The molecule has 0 fully saturated rings. The molecule has 80 valence electrons. The molecule has 13 heavy (non-hydrogen) atoms. The molecule has 0 aliphatic heterocycles. The molecule has 0 rings (SSSR count). The van der Waals surface area contributed by atoms with Gasteiger partial charge in [-0.3, -0.25) is 0 Å². The highest BCUT2D eigenvalue weighted by atomic mass is 16.3. The number of hydrogen-bond acceptors (Lipinski definition) is 3. The summed E-state index contributed by atoms with van der Waals surface area (Å²) in [6.07, 6.45) is 5.06. The van der Waals surface area contributed by atoms with Gasteiger partial charge in [-0.15, -0.1) is 0 Å². The molecule has 3 nitrogen and oxygen atoms in total. The van der Waals surface area contributed by atoms with E-state index in [0.29, 0.717) is 5.92 Å². The van der Waals surface area contributed by atoms with E-state index in [1.54, 1.807) is 0 Å². The third-order valence-electron chi connectivity index (χ3n) is 2.31. The molecule has 0 aromatic rings. The summed E-state index contributed by atoms with van der Waals surface area (Å²) < 4.78 is 0. The quantitative estimate of drug-likeness (QED) is 0.529. The summed E-state index contributed by atoms with van der Waals surface area (Å²) in [5.74, 6) is 0.604. The Bertz CT molecular complexity index is 99.1. The van der Waals surface area contributed by atoms with Gasteiger partial charge in [0.2, 0.25) is 0 Å². The van der Waals surface area contributed by atoms with Crippen LogP contribution in [0.25, 0.3) is 0 Å². The van der Waals surface area contributed by atoms with Crippen LogP contribution in [0.3, 0.4) is 0 Å². The van der Waals surface area contributed by atoms with Crippen LogP contribution >= 0.6 is 0 Å². The van der Waals surface area contributed by atoms with Gasteiger partial charge >= 0.3 is 0 Å². The van der Waals surface area contributed by atoms with Crippen LogP contribution in [0.1, 0.15) is 39.0 Å². The number of aliphatic hydroxyl groups is 1. The van der Waals surface area contributed by atoms with Crippen molar-refractivity contribution in [3.05, 3.63) is 0 Å². The van der Waals surface area contributed by atoms with Crippen molar-refractivity contribution >= 4 is 0 Å². The first-order chi connectivity index (χ1) is 6.20. The SMILES string of the molecule is CC(O)CC(CCCN)CCCN. The van der Waals surface area contributed by atoms with Gasteiger partial charge in [-0.1, -0.05) is 0 Å². The fourth-order valence-corrected chi connectivity index (χ4v) is 1.68. The monoisotopic (exact) mass is 188 g/mol. The van der Waals surface area contributed by atoms with Crippen molar-refractivity contribution < 1.29 is 5.11 Å². The fraction of sp³-hybridized carbons (Fsp3) is 1.00. The zero-order chi connectivity index (χ0) is 10.1. The van der Waals surface area contributed by atoms with Crippen LogP contribution in [0.2, 0.25) is 0 Å². The number of hydrogen-bond donors (Lipinski definition) is 3. The van der Waals surface area contributed by atoms with Crippen LogP contribution in [-0.2, 0) is 0 Å². The van der Waals surface area contributed by atoms with Gasteiger partial charge in [0.25, 0.3) is 0 Å². The standard InChI is InChI=1S/C10H24N2O/c1-9(13)8-10(4-2-6-11)5-3-7-12/h9-10,13H,2-8,11-12H2,1H3. The predicted molar refractivity (Wildman–Crippen MR) is 56.4 cm³/mol. The fourth-order valence-electron chi connectivity index (χ4n) is 1.68. The number of rotatable bonds is 8. The molecule has 0 amide bonds. The summed E-state index contributed by atoms with van der Waals surface area (Å²) in [5, 5.41) is 9.26. The van der Waals surface area contributed by atoms with E-state index in [4.69, 9.17) is 11.5 Å². The minimum absolute atomic E-state index is 0.194. The third kappa shape index (κ3) is 8.22. The molecule has 0 aliphatic rings. The molecule has 0 heterocycles. The maximum Gasteiger partial charge on any atom is 0.0514 e. The van der Waals surface area contributed by atoms with E-state index in [-0.39, 0.29) is 6.10 Å². The first-order valence-corrected chi connectivity index (χ1v) is 5.29. The lowest BCUT2D eigenvalue weighted by Gasteiger charge is -2.17. The Balaban J connectivity index is 3.60. The van der Waals surface area contributed by atoms with Gasteiger partial charge in [0.05, 0.1) is 6.10 Å². The summed E-state index contributed by atoms with van der Waals surface area (Å²) >= 11 is 0. The molecule has 0 saturated carbocycles. The highest BCUT2D eigenvalue weighted by molar-refractivity contribution is 4.63. The summed E-state index contributed by atoms with van der Waals surface area (Å²) in [4.78, 5) is 0. The second-order valence-corrected chi connectivity index (χ2v) is 3.81. The molecule has 0 radical (unpaired) electrons. The van der Waals surface area contributed by atoms with Gasteiger partial charge in [0, 0.05) is 0 Å². The van der Waals surface area contributed by atoms with E-state index in [2.05, 4.69) is 0 Å². The van der Waals surface area contributed by atoms with Crippen LogP contribution in [0.15, 0.2) is 0 Å². The number of aliphatic hydroxyl groups excluding tert-OH is 1. The molecule has 0 aromatic carbocycles. The van der Waals surface area contributed by atoms with E-state index >= 15 is 0 Å². The van der Waals surface area contributed by atoms with Crippen molar-refractivity contribution in [3.63, 3.8) is 0 Å². The second-order valence-electron chi connectivity index (χ2n) is 3.81. The topological polar surface area (TPSA) is 72.3 Å². The van der Waals surface area contributed by atoms with E-state index in [0.717, 1.165) is 45.2 Å². The highest BCUT2D eigenvalue weighted by Gasteiger charge is 2.10. The zero-order valence-corrected chi connectivity index (χ0v) is 8.71. The third-order valence-corrected chi connectivity index (χ3v) is 2.31. The second kappa shape index (κ2) is 8.48. The minimum atomic E-state index is -0.194. The largest absolute Gasteiger partial charge is 0.393 e. The van der Waals surface area contributed by atoms with Gasteiger partial charge in [-0.2, -0.15) is 0 Å². The Kier molecular flexibility index (Phi) is 8.40. The van der Waals surface area contributed by atoms with Crippen molar-refractivity contribution in [1.29, 1.82) is 0 Å². The maximum atomic E-state index is 9.26. The predicted octanol–water partition coefficient (Wildman–Crippen LogP) is 0.851. The van der Waals surface area contributed by atoms with Crippen molar-refractivity contribution in [1.82, 2.24) is 0 Å². The molecule has 5 N–H and O–H groups in total. The van der Waals surface area contributed by atoms with Gasteiger partial charge in [0.1, 0.15) is 0 Å². The molecular formula is C10H24N2O. The summed E-state index contributed by atoms with van der Waals surface area (Å²) in [6, 6.07) is 0. The van der Waals surface area contributed by atoms with Crippen molar-refractivity contribution in [2.75, 3.05) is 13.1 Å². The van der Waals surface area contributed by atoms with Gasteiger partial charge < -0.3 is 16.6 Å². The van der Waals surface area contributed by atoms with Crippen LogP contribution < -0.4 is 11.5 Å². The van der Waals surface area contributed by atoms with Gasteiger partial charge in [0.15, 0.2) is 0 Å². The lowest BCUT2D eigenvalue weighted by atomic mass is 9.92. The van der Waals surface area contributed by atoms with Crippen LogP contribution in [-0.4, -0.2) is 24.3 Å². The molecule has 0 saturated heterocycles. The lowest BCUT2D eigenvalue weighted by Crippen LogP contribution is -2.13. The molecule has 0 bridgehead atoms. The normalized spacial score (nSPS) is 13.6. The maximum absolute atomic E-state index is 9.26. The summed E-state index contributed by atoms with van der Waals surface area (Å²) in [5.41, 5.74) is 10.9. The van der Waals surface area contributed by atoms with E-state index in [1.165, 1.54) is 0 Å². The Morgan fingerprint density at radius 1 is 1.08 bits per heavy atom. The molecule has 1 atom stereocenters. The minimum Gasteiger partial charge on any atom is -0.393 e. The van der Waals surface area contributed by atoms with Crippen molar-refractivity contribution in [2.24, 2.45) is 17.4 Å². The van der Waals surface area contributed by atoms with Crippen molar-refractivity contribution in [3.8, 4) is 0 Å². The van der Waals surface area contributed by atoms with Crippen molar-refractivity contribution in [2.45, 2.75) is 45.1 Å². The average Bonchev–Trinajstić information content (AvgIpc) is 2.09. The van der Waals surface area contributed by atoms with E-state index < -0.39 is 0 Å². The smallest absolute Gasteiger partial charge is 0.0514 e. The van der Waals surface area contributed by atoms with Crippen LogP contribution in [0.4, 0.5) is 0 Å². The molecular weight excluding hydrogens is 164 g/mol. The van der Waals surface area contributed by atoms with Crippen LogP contribution in [0, 0.1) is 5.92 Å². The molecule has 3 heteroatoms. The first-order valence-electron chi connectivity index (χ1n) is 5.29. The summed E-state index contributed by atoms with van der Waals surface area (Å²) in [6.45, 7) is 3.34. The Labute approximate surface area is 81.5 Å². The van der Waals surface area contributed by atoms with Gasteiger partial charge in [-0.05, 0) is 58.0 Å². The average molecular weight is 188 g/mol. The van der Waals surface area contributed by atoms with E-state index in [9.17, 15) is 5.11 Å². The molecule has 0 spiro atoms. The Morgan fingerprint density at radius 2 is 1.54 bits per heavy atom. The van der Waals surface area contributed by atoms with Crippen LogP contribution in [0.5, 0.6) is 0 Å². The zero-order valence-electron chi connectivity index (χ0n) is 8.71. The Hall–Kier alpha value is -0.120. The molecule has 0 aromatic heterocycles. The Morgan fingerprint density at radius 3 is 1.85 bits per heavy atom.